The van der Waals surface area contributed by atoms with Crippen LogP contribution in [0.3, 0.4) is 0 Å². The van der Waals surface area contributed by atoms with Crippen LogP contribution in [0.1, 0.15) is 15.9 Å². The highest BCUT2D eigenvalue weighted by molar-refractivity contribution is 6.30. The molecule has 108 valence electrons. The van der Waals surface area contributed by atoms with E-state index in [1.807, 2.05) is 0 Å². The predicted octanol–water partition coefficient (Wildman–Crippen LogP) is 2.16. The number of carbonyl (C=O) groups is 1. The van der Waals surface area contributed by atoms with E-state index in [0.29, 0.717) is 10.6 Å². The van der Waals surface area contributed by atoms with Crippen molar-refractivity contribution in [3.8, 4) is 0 Å². The van der Waals surface area contributed by atoms with Gasteiger partial charge in [-0.3, -0.25) is 14.9 Å². The zero-order valence-electron chi connectivity index (χ0n) is 10.5. The smallest absolute Gasteiger partial charge is 0.341 e. The lowest BCUT2D eigenvalue weighted by Crippen LogP contribution is -2.17. The molecule has 0 bridgehead atoms. The van der Waals surface area contributed by atoms with Gasteiger partial charge in [0.1, 0.15) is 5.56 Å². The van der Waals surface area contributed by atoms with Gasteiger partial charge in [0.05, 0.1) is 17.0 Å². The molecule has 0 saturated heterocycles. The van der Waals surface area contributed by atoms with Crippen LogP contribution in [-0.4, -0.2) is 20.6 Å². The summed E-state index contributed by atoms with van der Waals surface area (Å²) in [4.78, 5) is 32.7. The normalized spacial score (nSPS) is 10.3. The van der Waals surface area contributed by atoms with Gasteiger partial charge in [0.15, 0.2) is 5.43 Å². The highest BCUT2D eigenvalue weighted by Crippen LogP contribution is 2.23. The van der Waals surface area contributed by atoms with Crippen LogP contribution in [0.15, 0.2) is 41.5 Å². The standard InChI is InChI=1S/C13H9ClN2O5/c14-9-1-2-11(16(20)21)8(5-9)6-15-4-3-12(17)10(7-15)13(18)19/h1-5,7H,6H2,(H,18,19). The van der Waals surface area contributed by atoms with E-state index < -0.39 is 21.9 Å². The lowest BCUT2D eigenvalue weighted by atomic mass is 10.1. The van der Waals surface area contributed by atoms with Gasteiger partial charge >= 0.3 is 5.97 Å². The lowest BCUT2D eigenvalue weighted by Gasteiger charge is -2.08. The van der Waals surface area contributed by atoms with Gasteiger partial charge in [0.2, 0.25) is 0 Å². The molecule has 8 heteroatoms. The maximum atomic E-state index is 11.4. The van der Waals surface area contributed by atoms with Crippen molar-refractivity contribution in [2.45, 2.75) is 6.54 Å². The van der Waals surface area contributed by atoms with E-state index in [9.17, 15) is 19.7 Å². The summed E-state index contributed by atoms with van der Waals surface area (Å²) in [6, 6.07) is 5.20. The summed E-state index contributed by atoms with van der Waals surface area (Å²) < 4.78 is 1.38. The molecule has 21 heavy (non-hydrogen) atoms. The molecule has 1 N–H and O–H groups in total. The van der Waals surface area contributed by atoms with Crippen molar-refractivity contribution in [1.29, 1.82) is 0 Å². The Morgan fingerprint density at radius 2 is 2.10 bits per heavy atom. The first-order valence-electron chi connectivity index (χ1n) is 5.74. The largest absolute Gasteiger partial charge is 0.477 e. The first-order valence-corrected chi connectivity index (χ1v) is 6.12. The Morgan fingerprint density at radius 1 is 1.38 bits per heavy atom. The van der Waals surface area contributed by atoms with Crippen LogP contribution < -0.4 is 5.43 Å². The Kier molecular flexibility index (Phi) is 4.04. The highest BCUT2D eigenvalue weighted by Gasteiger charge is 2.15. The topological polar surface area (TPSA) is 102 Å². The summed E-state index contributed by atoms with van der Waals surface area (Å²) in [7, 11) is 0. The van der Waals surface area contributed by atoms with Crippen molar-refractivity contribution >= 4 is 23.3 Å². The number of aromatic nitrogens is 1. The fraction of sp³-hybridized carbons (Fsp3) is 0.0769. The van der Waals surface area contributed by atoms with Crippen molar-refractivity contribution in [2.24, 2.45) is 0 Å². The van der Waals surface area contributed by atoms with E-state index in [4.69, 9.17) is 16.7 Å². The summed E-state index contributed by atoms with van der Waals surface area (Å²) >= 11 is 5.82. The van der Waals surface area contributed by atoms with Crippen molar-refractivity contribution in [2.75, 3.05) is 0 Å². The van der Waals surface area contributed by atoms with E-state index in [0.717, 1.165) is 12.3 Å². The quantitative estimate of drug-likeness (QED) is 0.688. The molecule has 0 unspecified atom stereocenters. The molecule has 2 rings (SSSR count). The number of hydrogen-bond acceptors (Lipinski definition) is 4. The average molecular weight is 309 g/mol. The van der Waals surface area contributed by atoms with Crippen LogP contribution in [0, 0.1) is 10.1 Å². The number of pyridine rings is 1. The number of carboxylic acid groups (broad SMARTS) is 1. The average Bonchev–Trinajstić information content (AvgIpc) is 2.40. The number of rotatable bonds is 4. The maximum Gasteiger partial charge on any atom is 0.341 e. The molecule has 7 nitrogen and oxygen atoms in total. The number of carboxylic acids is 1. The van der Waals surface area contributed by atoms with Gasteiger partial charge < -0.3 is 9.67 Å². The van der Waals surface area contributed by atoms with E-state index in [1.54, 1.807) is 0 Å². The molecule has 0 radical (unpaired) electrons. The van der Waals surface area contributed by atoms with Crippen molar-refractivity contribution < 1.29 is 14.8 Å². The zero-order valence-corrected chi connectivity index (χ0v) is 11.3. The third-order valence-corrected chi connectivity index (χ3v) is 3.03. The van der Waals surface area contributed by atoms with Crippen LogP contribution in [0.25, 0.3) is 0 Å². The van der Waals surface area contributed by atoms with Gasteiger partial charge in [-0.25, -0.2) is 4.79 Å². The van der Waals surface area contributed by atoms with Crippen LogP contribution >= 0.6 is 11.6 Å². The number of nitro benzene ring substituents is 1. The van der Waals surface area contributed by atoms with E-state index >= 15 is 0 Å². The summed E-state index contributed by atoms with van der Waals surface area (Å²) in [5.74, 6) is -1.35. The fourth-order valence-electron chi connectivity index (χ4n) is 1.84. The fourth-order valence-corrected chi connectivity index (χ4v) is 2.03. The molecule has 0 spiro atoms. The first kappa shape index (κ1) is 14.7. The number of benzene rings is 1. The Labute approximate surface area is 123 Å². The molecule has 0 aliphatic rings. The zero-order chi connectivity index (χ0) is 15.6. The van der Waals surface area contributed by atoms with E-state index in [1.165, 1.54) is 29.0 Å². The van der Waals surface area contributed by atoms with Gasteiger partial charge in [0.25, 0.3) is 5.69 Å². The maximum absolute atomic E-state index is 11.4. The molecule has 0 aliphatic carbocycles. The second-order valence-corrected chi connectivity index (χ2v) is 4.67. The van der Waals surface area contributed by atoms with Crippen LogP contribution in [-0.2, 0) is 6.54 Å². The number of halogens is 1. The van der Waals surface area contributed by atoms with E-state index in [2.05, 4.69) is 0 Å². The van der Waals surface area contributed by atoms with Crippen molar-refractivity contribution in [3.05, 3.63) is 73.1 Å². The first-order chi connectivity index (χ1) is 9.88. The third-order valence-electron chi connectivity index (χ3n) is 2.80. The number of nitrogens with zero attached hydrogens (tertiary/aromatic N) is 2. The van der Waals surface area contributed by atoms with Gasteiger partial charge in [-0.05, 0) is 12.1 Å². The summed E-state index contributed by atoms with van der Waals surface area (Å²) in [5.41, 5.74) is -0.844. The molecule has 1 aromatic carbocycles. The molecule has 1 aromatic heterocycles. The summed E-state index contributed by atoms with van der Waals surface area (Å²) in [6.07, 6.45) is 2.49. The Balaban J connectivity index is 2.45. The summed E-state index contributed by atoms with van der Waals surface area (Å²) in [6.45, 7) is 0.0252. The third kappa shape index (κ3) is 3.26. The second-order valence-electron chi connectivity index (χ2n) is 4.23. The van der Waals surface area contributed by atoms with Gasteiger partial charge in [-0.2, -0.15) is 0 Å². The molecule has 2 aromatic rings. The summed E-state index contributed by atoms with van der Waals surface area (Å²) in [5, 5.41) is 20.2. The van der Waals surface area contributed by atoms with Crippen molar-refractivity contribution in [3.63, 3.8) is 0 Å². The van der Waals surface area contributed by atoms with Crippen molar-refractivity contribution in [1.82, 2.24) is 4.57 Å². The van der Waals surface area contributed by atoms with Crippen LogP contribution in [0.5, 0.6) is 0 Å². The number of hydrogen-bond donors (Lipinski definition) is 1. The molecule has 0 saturated carbocycles. The molecule has 0 amide bonds. The van der Waals surface area contributed by atoms with Gasteiger partial charge in [-0.1, -0.05) is 11.6 Å². The minimum absolute atomic E-state index is 0.0252. The molecular weight excluding hydrogens is 300 g/mol. The highest BCUT2D eigenvalue weighted by atomic mass is 35.5. The monoisotopic (exact) mass is 308 g/mol. The van der Waals surface area contributed by atoms with Gasteiger partial charge in [0, 0.05) is 29.5 Å². The lowest BCUT2D eigenvalue weighted by molar-refractivity contribution is -0.385. The van der Waals surface area contributed by atoms with Crippen LogP contribution in [0.4, 0.5) is 5.69 Å². The predicted molar refractivity (Wildman–Crippen MR) is 74.9 cm³/mol. The van der Waals surface area contributed by atoms with Gasteiger partial charge in [-0.15, -0.1) is 0 Å². The Hall–Kier alpha value is -2.67. The molecule has 0 aliphatic heterocycles. The molecular formula is C13H9ClN2O5. The van der Waals surface area contributed by atoms with Crippen LogP contribution in [0.2, 0.25) is 5.02 Å². The second kappa shape index (κ2) is 5.76. The minimum Gasteiger partial charge on any atom is -0.477 e. The number of nitro groups is 1. The molecule has 1 heterocycles. The Bertz CT molecular complexity index is 784. The molecule has 0 atom stereocenters. The molecule has 0 fully saturated rings. The SMILES string of the molecule is O=C(O)c1cn(Cc2cc(Cl)ccc2[N+](=O)[O-])ccc1=O. The minimum atomic E-state index is -1.35. The number of aromatic carboxylic acids is 1. The Morgan fingerprint density at radius 3 is 2.71 bits per heavy atom. The van der Waals surface area contributed by atoms with E-state index in [-0.39, 0.29) is 12.2 Å².